The average molecular weight is 273 g/mol. The van der Waals surface area contributed by atoms with Crippen LogP contribution in [0.4, 0.5) is 0 Å². The van der Waals surface area contributed by atoms with E-state index in [1.807, 2.05) is 19.1 Å². The van der Waals surface area contributed by atoms with Gasteiger partial charge < -0.3 is 10.6 Å². The average Bonchev–Trinajstić information content (AvgIpc) is 2.44. The lowest BCUT2D eigenvalue weighted by Crippen LogP contribution is -2.42. The van der Waals surface area contributed by atoms with Crippen molar-refractivity contribution >= 4 is 5.91 Å². The van der Waals surface area contributed by atoms with Crippen molar-refractivity contribution in [2.45, 2.75) is 39.8 Å². The smallest absolute Gasteiger partial charge is 0.236 e. The summed E-state index contributed by atoms with van der Waals surface area (Å²) >= 11 is 0. The molecule has 0 saturated heterocycles. The van der Waals surface area contributed by atoms with Gasteiger partial charge in [-0.05, 0) is 37.0 Å². The summed E-state index contributed by atoms with van der Waals surface area (Å²) < 4.78 is 0. The standard InChI is InChI=1S/C16H23N3O/c1-12(2)8-9-18-16(20)13(3)19-11-15-6-4-14(10-17)5-7-15/h4-7,12-13,19H,8-9,11H2,1-3H3,(H,18,20). The van der Waals surface area contributed by atoms with E-state index in [1.54, 1.807) is 12.1 Å². The van der Waals surface area contributed by atoms with Crippen molar-refractivity contribution in [1.29, 1.82) is 5.26 Å². The second-order valence-electron chi connectivity index (χ2n) is 5.38. The number of carbonyl (C=O) groups is 1. The van der Waals surface area contributed by atoms with Gasteiger partial charge in [-0.15, -0.1) is 0 Å². The maximum absolute atomic E-state index is 11.8. The summed E-state index contributed by atoms with van der Waals surface area (Å²) in [5.74, 6) is 0.622. The topological polar surface area (TPSA) is 64.9 Å². The summed E-state index contributed by atoms with van der Waals surface area (Å²) in [4.78, 5) is 11.8. The van der Waals surface area contributed by atoms with Gasteiger partial charge in [0.2, 0.25) is 5.91 Å². The highest BCUT2D eigenvalue weighted by atomic mass is 16.2. The van der Waals surface area contributed by atoms with Crippen LogP contribution in [0.2, 0.25) is 0 Å². The van der Waals surface area contributed by atoms with Crippen LogP contribution in [0, 0.1) is 17.2 Å². The molecule has 20 heavy (non-hydrogen) atoms. The Morgan fingerprint density at radius 2 is 1.90 bits per heavy atom. The van der Waals surface area contributed by atoms with Crippen LogP contribution in [0.5, 0.6) is 0 Å². The number of amides is 1. The second kappa shape index (κ2) is 8.34. The molecule has 1 aromatic rings. The summed E-state index contributed by atoms with van der Waals surface area (Å²) in [7, 11) is 0. The van der Waals surface area contributed by atoms with Crippen molar-refractivity contribution in [2.24, 2.45) is 5.92 Å². The molecule has 0 bridgehead atoms. The fraction of sp³-hybridized carbons (Fsp3) is 0.500. The summed E-state index contributed by atoms with van der Waals surface area (Å²) in [6, 6.07) is 9.22. The predicted molar refractivity (Wildman–Crippen MR) is 79.9 cm³/mol. The second-order valence-corrected chi connectivity index (χ2v) is 5.38. The molecule has 108 valence electrons. The minimum absolute atomic E-state index is 0.0271. The van der Waals surface area contributed by atoms with Crippen LogP contribution in [-0.4, -0.2) is 18.5 Å². The predicted octanol–water partition coefficient (Wildman–Crippen LogP) is 2.20. The van der Waals surface area contributed by atoms with Gasteiger partial charge in [-0.1, -0.05) is 26.0 Å². The van der Waals surface area contributed by atoms with E-state index in [-0.39, 0.29) is 11.9 Å². The Labute approximate surface area is 121 Å². The van der Waals surface area contributed by atoms with Crippen LogP contribution >= 0.6 is 0 Å². The molecule has 2 N–H and O–H groups in total. The number of nitriles is 1. The van der Waals surface area contributed by atoms with Crippen LogP contribution in [0.15, 0.2) is 24.3 Å². The van der Waals surface area contributed by atoms with Crippen molar-refractivity contribution in [3.8, 4) is 6.07 Å². The molecule has 0 fully saturated rings. The van der Waals surface area contributed by atoms with E-state index in [1.165, 1.54) is 0 Å². The highest BCUT2D eigenvalue weighted by Crippen LogP contribution is 2.03. The zero-order valence-electron chi connectivity index (χ0n) is 12.4. The number of benzene rings is 1. The van der Waals surface area contributed by atoms with Crippen molar-refractivity contribution in [2.75, 3.05) is 6.54 Å². The van der Waals surface area contributed by atoms with Crippen LogP contribution in [0.1, 0.15) is 38.3 Å². The van der Waals surface area contributed by atoms with Gasteiger partial charge in [0.15, 0.2) is 0 Å². The number of rotatable bonds is 7. The lowest BCUT2D eigenvalue weighted by Gasteiger charge is -2.14. The molecule has 1 unspecified atom stereocenters. The number of nitrogens with one attached hydrogen (secondary N) is 2. The molecule has 0 saturated carbocycles. The van der Waals surface area contributed by atoms with Gasteiger partial charge in [-0.2, -0.15) is 5.26 Å². The first kappa shape index (κ1) is 16.2. The molecule has 4 nitrogen and oxygen atoms in total. The third kappa shape index (κ3) is 5.85. The summed E-state index contributed by atoms with van der Waals surface area (Å²) in [6.07, 6.45) is 0.994. The summed E-state index contributed by atoms with van der Waals surface area (Å²) in [5, 5.41) is 14.8. The van der Waals surface area contributed by atoms with E-state index in [0.717, 1.165) is 18.5 Å². The Morgan fingerprint density at radius 1 is 1.25 bits per heavy atom. The Balaban J connectivity index is 2.32. The first-order valence-corrected chi connectivity index (χ1v) is 7.03. The van der Waals surface area contributed by atoms with E-state index >= 15 is 0 Å². The normalized spacial score (nSPS) is 11.9. The van der Waals surface area contributed by atoms with Crippen LogP contribution in [0.25, 0.3) is 0 Å². The quantitative estimate of drug-likeness (QED) is 0.800. The lowest BCUT2D eigenvalue weighted by atomic mass is 10.1. The number of hydrogen-bond acceptors (Lipinski definition) is 3. The first-order chi connectivity index (χ1) is 9.52. The van der Waals surface area contributed by atoms with E-state index in [9.17, 15) is 4.79 Å². The van der Waals surface area contributed by atoms with Gasteiger partial charge in [0.25, 0.3) is 0 Å². The van der Waals surface area contributed by atoms with Crippen molar-refractivity contribution < 1.29 is 4.79 Å². The Bertz CT molecular complexity index is 460. The van der Waals surface area contributed by atoms with Gasteiger partial charge in [0.05, 0.1) is 17.7 Å². The third-order valence-corrected chi connectivity index (χ3v) is 3.11. The molecule has 1 rings (SSSR count). The van der Waals surface area contributed by atoms with Gasteiger partial charge in [-0.3, -0.25) is 4.79 Å². The molecule has 1 amide bonds. The van der Waals surface area contributed by atoms with Gasteiger partial charge in [0, 0.05) is 13.1 Å². The van der Waals surface area contributed by atoms with E-state index in [2.05, 4.69) is 30.6 Å². The number of carbonyl (C=O) groups excluding carboxylic acids is 1. The van der Waals surface area contributed by atoms with Gasteiger partial charge >= 0.3 is 0 Å². The van der Waals surface area contributed by atoms with Crippen LogP contribution in [-0.2, 0) is 11.3 Å². The molecule has 0 aliphatic rings. The minimum Gasteiger partial charge on any atom is -0.355 e. The summed E-state index contributed by atoms with van der Waals surface area (Å²) in [6.45, 7) is 7.47. The highest BCUT2D eigenvalue weighted by Gasteiger charge is 2.11. The molecule has 1 aromatic carbocycles. The zero-order valence-corrected chi connectivity index (χ0v) is 12.4. The van der Waals surface area contributed by atoms with Crippen LogP contribution in [0.3, 0.4) is 0 Å². The maximum Gasteiger partial charge on any atom is 0.236 e. The number of nitrogens with zero attached hydrogens (tertiary/aromatic N) is 1. The van der Waals surface area contributed by atoms with Gasteiger partial charge in [0.1, 0.15) is 0 Å². The molecule has 0 aromatic heterocycles. The molecular weight excluding hydrogens is 250 g/mol. The van der Waals surface area contributed by atoms with Crippen molar-refractivity contribution in [3.05, 3.63) is 35.4 Å². The molecule has 4 heteroatoms. The monoisotopic (exact) mass is 273 g/mol. The molecule has 0 spiro atoms. The molecular formula is C16H23N3O. The third-order valence-electron chi connectivity index (χ3n) is 3.11. The van der Waals surface area contributed by atoms with E-state index < -0.39 is 0 Å². The Kier molecular flexibility index (Phi) is 6.75. The molecule has 1 atom stereocenters. The Hall–Kier alpha value is -1.86. The SMILES string of the molecule is CC(C)CCNC(=O)C(C)NCc1ccc(C#N)cc1. The fourth-order valence-corrected chi connectivity index (χ4v) is 1.70. The zero-order chi connectivity index (χ0) is 15.0. The van der Waals surface area contributed by atoms with Crippen LogP contribution < -0.4 is 10.6 Å². The lowest BCUT2D eigenvalue weighted by molar-refractivity contribution is -0.122. The maximum atomic E-state index is 11.8. The molecule has 0 aliphatic heterocycles. The Morgan fingerprint density at radius 3 is 2.45 bits per heavy atom. The summed E-state index contributed by atoms with van der Waals surface area (Å²) in [5.41, 5.74) is 1.71. The van der Waals surface area contributed by atoms with E-state index in [4.69, 9.17) is 5.26 Å². The highest BCUT2D eigenvalue weighted by molar-refractivity contribution is 5.81. The largest absolute Gasteiger partial charge is 0.355 e. The molecule has 0 heterocycles. The van der Waals surface area contributed by atoms with E-state index in [0.29, 0.717) is 18.0 Å². The fourth-order valence-electron chi connectivity index (χ4n) is 1.70. The molecule has 0 radical (unpaired) electrons. The van der Waals surface area contributed by atoms with Gasteiger partial charge in [-0.25, -0.2) is 0 Å². The van der Waals surface area contributed by atoms with Crippen molar-refractivity contribution in [1.82, 2.24) is 10.6 Å². The van der Waals surface area contributed by atoms with Crippen molar-refractivity contribution in [3.63, 3.8) is 0 Å². The minimum atomic E-state index is -0.224. The molecule has 0 aliphatic carbocycles. The first-order valence-electron chi connectivity index (χ1n) is 7.03. The number of hydrogen-bond donors (Lipinski definition) is 2.